The third-order valence-corrected chi connectivity index (χ3v) is 3.36. The molecule has 0 spiro atoms. The molecular formula is C12H12N2O2S. The molecule has 17 heavy (non-hydrogen) atoms. The summed E-state index contributed by atoms with van der Waals surface area (Å²) in [4.78, 5) is 26.8. The molecule has 4 nitrogen and oxygen atoms in total. The lowest BCUT2D eigenvalue weighted by Gasteiger charge is -1.99. The number of carbonyl (C=O) groups is 2. The second-order valence-electron chi connectivity index (χ2n) is 3.77. The van der Waals surface area contributed by atoms with Gasteiger partial charge in [0.05, 0.1) is 10.9 Å². The molecule has 1 aromatic rings. The maximum Gasteiger partial charge on any atom is 0.239 e. The van der Waals surface area contributed by atoms with Gasteiger partial charge >= 0.3 is 0 Å². The zero-order valence-corrected chi connectivity index (χ0v) is 10.4. The largest absolute Gasteiger partial charge is 0.304 e. The van der Waals surface area contributed by atoms with Crippen molar-refractivity contribution in [2.45, 2.75) is 19.1 Å². The molecule has 0 aliphatic carbocycles. The van der Waals surface area contributed by atoms with E-state index in [1.54, 1.807) is 24.3 Å². The lowest BCUT2D eigenvalue weighted by Crippen LogP contribution is -2.23. The van der Waals surface area contributed by atoms with Crippen molar-refractivity contribution < 1.29 is 9.59 Å². The van der Waals surface area contributed by atoms with Gasteiger partial charge in [0.15, 0.2) is 11.0 Å². The number of nitrogens with zero attached hydrogens (tertiary/aromatic N) is 1. The van der Waals surface area contributed by atoms with E-state index in [-0.39, 0.29) is 16.9 Å². The molecule has 1 amide bonds. The number of amidine groups is 1. The van der Waals surface area contributed by atoms with E-state index < -0.39 is 0 Å². The van der Waals surface area contributed by atoms with Crippen LogP contribution < -0.4 is 5.32 Å². The predicted molar refractivity (Wildman–Crippen MR) is 68.7 cm³/mol. The van der Waals surface area contributed by atoms with Crippen LogP contribution >= 0.6 is 11.8 Å². The summed E-state index contributed by atoms with van der Waals surface area (Å²) >= 11 is 1.39. The van der Waals surface area contributed by atoms with Crippen LogP contribution in [0, 0.1) is 0 Å². The molecule has 5 heteroatoms. The molecule has 0 bridgehead atoms. The van der Waals surface area contributed by atoms with Crippen LogP contribution in [-0.4, -0.2) is 22.1 Å². The molecule has 1 saturated heterocycles. The first-order chi connectivity index (χ1) is 8.06. The Morgan fingerprint density at radius 1 is 1.47 bits per heavy atom. The van der Waals surface area contributed by atoms with Crippen molar-refractivity contribution in [3.63, 3.8) is 0 Å². The van der Waals surface area contributed by atoms with E-state index in [4.69, 9.17) is 0 Å². The van der Waals surface area contributed by atoms with Gasteiger partial charge in [0, 0.05) is 5.56 Å². The molecule has 1 atom stereocenters. The number of thioether (sulfide) groups is 1. The van der Waals surface area contributed by atoms with E-state index in [9.17, 15) is 9.59 Å². The molecule has 0 aromatic heterocycles. The minimum absolute atomic E-state index is 0.00327. The number of hydrogen-bond acceptors (Lipinski definition) is 4. The molecule has 1 aliphatic heterocycles. The molecule has 0 radical (unpaired) electrons. The van der Waals surface area contributed by atoms with Crippen LogP contribution in [0.2, 0.25) is 0 Å². The average molecular weight is 248 g/mol. The fourth-order valence-corrected chi connectivity index (χ4v) is 2.24. The molecule has 1 aromatic carbocycles. The first-order valence-corrected chi connectivity index (χ1v) is 6.11. The summed E-state index contributed by atoms with van der Waals surface area (Å²) in [5.74, 6) is -0.0278. The third kappa shape index (κ3) is 2.74. The van der Waals surface area contributed by atoms with Gasteiger partial charge in [-0.3, -0.25) is 9.59 Å². The lowest BCUT2D eigenvalue weighted by atomic mass is 10.1. The van der Waals surface area contributed by atoms with Crippen LogP contribution in [0.4, 0.5) is 5.69 Å². The normalized spacial score (nSPS) is 21.6. The Hall–Kier alpha value is -1.62. The van der Waals surface area contributed by atoms with Gasteiger partial charge in [-0.1, -0.05) is 23.9 Å². The van der Waals surface area contributed by atoms with Crippen molar-refractivity contribution in [3.05, 3.63) is 29.8 Å². The van der Waals surface area contributed by atoms with Crippen LogP contribution in [0.25, 0.3) is 0 Å². The molecule has 2 rings (SSSR count). The van der Waals surface area contributed by atoms with Gasteiger partial charge in [0.2, 0.25) is 5.91 Å². The minimum atomic E-state index is -0.107. The van der Waals surface area contributed by atoms with Crippen molar-refractivity contribution >= 4 is 34.3 Å². The summed E-state index contributed by atoms with van der Waals surface area (Å²) in [6, 6.07) is 7.04. The highest BCUT2D eigenvalue weighted by Crippen LogP contribution is 2.22. The number of hydrogen-bond donors (Lipinski definition) is 1. The van der Waals surface area contributed by atoms with Gasteiger partial charge in [-0.15, -0.1) is 0 Å². The van der Waals surface area contributed by atoms with E-state index >= 15 is 0 Å². The first kappa shape index (κ1) is 11.9. The summed E-state index contributed by atoms with van der Waals surface area (Å²) in [5, 5.41) is 3.17. The number of ketones is 1. The third-order valence-electron chi connectivity index (χ3n) is 2.37. The monoisotopic (exact) mass is 248 g/mol. The molecule has 88 valence electrons. The van der Waals surface area contributed by atoms with E-state index in [1.165, 1.54) is 18.7 Å². The fourth-order valence-electron chi connectivity index (χ4n) is 1.42. The Labute approximate surface area is 104 Å². The van der Waals surface area contributed by atoms with Crippen molar-refractivity contribution in [3.8, 4) is 0 Å². The second kappa shape index (κ2) is 4.71. The van der Waals surface area contributed by atoms with Crippen molar-refractivity contribution in [1.82, 2.24) is 5.32 Å². The number of aliphatic imine (C=N–C) groups is 1. The highest BCUT2D eigenvalue weighted by atomic mass is 32.2. The van der Waals surface area contributed by atoms with Crippen LogP contribution in [-0.2, 0) is 4.79 Å². The van der Waals surface area contributed by atoms with Crippen LogP contribution in [0.1, 0.15) is 24.2 Å². The molecule has 1 aliphatic rings. The topological polar surface area (TPSA) is 58.5 Å². The molecule has 1 unspecified atom stereocenters. The maximum atomic E-state index is 11.3. The van der Waals surface area contributed by atoms with E-state index in [1.807, 2.05) is 6.92 Å². The Bertz CT molecular complexity index is 511. The average Bonchev–Trinajstić information content (AvgIpc) is 2.58. The Morgan fingerprint density at radius 2 is 2.24 bits per heavy atom. The Kier molecular flexibility index (Phi) is 3.28. The summed E-state index contributed by atoms with van der Waals surface area (Å²) in [5.41, 5.74) is 1.30. The molecular weight excluding hydrogens is 236 g/mol. The van der Waals surface area contributed by atoms with Crippen molar-refractivity contribution in [2.24, 2.45) is 4.99 Å². The number of carbonyl (C=O) groups excluding carboxylic acids is 2. The van der Waals surface area contributed by atoms with Crippen LogP contribution in [0.3, 0.4) is 0 Å². The van der Waals surface area contributed by atoms with Gasteiger partial charge in [0.25, 0.3) is 0 Å². The van der Waals surface area contributed by atoms with E-state index in [2.05, 4.69) is 10.3 Å². The molecule has 1 fully saturated rings. The lowest BCUT2D eigenvalue weighted by molar-refractivity contribution is -0.118. The SMILES string of the molecule is CC(=O)c1cccc(N=C2NC(=O)C(C)S2)c1. The van der Waals surface area contributed by atoms with Crippen molar-refractivity contribution in [1.29, 1.82) is 0 Å². The predicted octanol–water partition coefficient (Wildman–Crippen LogP) is 2.13. The van der Waals surface area contributed by atoms with Crippen molar-refractivity contribution in [2.75, 3.05) is 0 Å². The number of amides is 1. The van der Waals surface area contributed by atoms with Crippen LogP contribution in [0.5, 0.6) is 0 Å². The minimum Gasteiger partial charge on any atom is -0.304 e. The van der Waals surface area contributed by atoms with Gasteiger partial charge in [-0.25, -0.2) is 4.99 Å². The van der Waals surface area contributed by atoms with E-state index in [0.717, 1.165) is 0 Å². The molecule has 1 N–H and O–H groups in total. The fraction of sp³-hybridized carbons (Fsp3) is 0.250. The quantitative estimate of drug-likeness (QED) is 0.816. The van der Waals surface area contributed by atoms with Gasteiger partial charge in [-0.2, -0.15) is 0 Å². The van der Waals surface area contributed by atoms with E-state index in [0.29, 0.717) is 16.4 Å². The Balaban J connectivity index is 2.24. The molecule has 0 saturated carbocycles. The highest BCUT2D eigenvalue weighted by molar-refractivity contribution is 8.15. The Morgan fingerprint density at radius 3 is 2.82 bits per heavy atom. The zero-order valence-electron chi connectivity index (χ0n) is 9.56. The number of nitrogens with one attached hydrogen (secondary N) is 1. The first-order valence-electron chi connectivity index (χ1n) is 5.23. The summed E-state index contributed by atoms with van der Waals surface area (Å²) in [7, 11) is 0. The van der Waals surface area contributed by atoms with Gasteiger partial charge < -0.3 is 5.32 Å². The standard InChI is InChI=1S/C12H12N2O2S/c1-7(15)9-4-3-5-10(6-9)13-12-14-11(16)8(2)17-12/h3-6,8H,1-2H3,(H,13,14,16). The maximum absolute atomic E-state index is 11.3. The summed E-state index contributed by atoms with van der Waals surface area (Å²) in [6.07, 6.45) is 0. The number of benzene rings is 1. The van der Waals surface area contributed by atoms with Gasteiger partial charge in [0.1, 0.15) is 0 Å². The smallest absolute Gasteiger partial charge is 0.239 e. The summed E-state index contributed by atoms with van der Waals surface area (Å²) < 4.78 is 0. The second-order valence-corrected chi connectivity index (χ2v) is 5.10. The highest BCUT2D eigenvalue weighted by Gasteiger charge is 2.25. The van der Waals surface area contributed by atoms with Gasteiger partial charge in [-0.05, 0) is 26.0 Å². The number of Topliss-reactive ketones (excluding diaryl/α,β-unsaturated/α-hetero) is 1. The number of rotatable bonds is 2. The van der Waals surface area contributed by atoms with Crippen LogP contribution in [0.15, 0.2) is 29.3 Å². The zero-order chi connectivity index (χ0) is 12.4. The summed E-state index contributed by atoms with van der Waals surface area (Å²) in [6.45, 7) is 3.34. The molecule has 1 heterocycles.